The Labute approximate surface area is 122 Å². The fourth-order valence-electron chi connectivity index (χ4n) is 2.77. The van der Waals surface area contributed by atoms with E-state index in [0.29, 0.717) is 6.04 Å². The number of benzene rings is 1. The summed E-state index contributed by atoms with van der Waals surface area (Å²) in [6.07, 6.45) is 4.37. The molecule has 100 valence electrons. The van der Waals surface area contributed by atoms with Crippen LogP contribution in [0.15, 0.2) is 34.9 Å². The molecule has 0 bridgehead atoms. The summed E-state index contributed by atoms with van der Waals surface area (Å²) < 4.78 is 1.13. The van der Waals surface area contributed by atoms with Crippen LogP contribution in [0.2, 0.25) is 0 Å². The first-order chi connectivity index (χ1) is 9.27. The predicted molar refractivity (Wildman–Crippen MR) is 83.7 cm³/mol. The molecule has 2 heterocycles. The van der Waals surface area contributed by atoms with E-state index in [1.807, 2.05) is 6.20 Å². The van der Waals surface area contributed by atoms with Crippen molar-refractivity contribution in [2.75, 3.05) is 25.0 Å². The van der Waals surface area contributed by atoms with Gasteiger partial charge in [-0.25, -0.2) is 4.98 Å². The molecule has 0 saturated carbocycles. The second-order valence-corrected chi connectivity index (χ2v) is 5.93. The highest BCUT2D eigenvalue weighted by Gasteiger charge is 2.20. The number of pyridine rings is 1. The van der Waals surface area contributed by atoms with E-state index in [1.54, 1.807) is 0 Å². The Morgan fingerprint density at radius 1 is 1.32 bits per heavy atom. The molecule has 1 fully saturated rings. The van der Waals surface area contributed by atoms with Crippen molar-refractivity contribution in [3.8, 4) is 0 Å². The number of halogens is 1. The van der Waals surface area contributed by atoms with Crippen LogP contribution in [-0.4, -0.2) is 31.2 Å². The van der Waals surface area contributed by atoms with Gasteiger partial charge in [0.2, 0.25) is 0 Å². The number of nitrogens with one attached hydrogen (secondary N) is 1. The molecular formula is C15H18BrN3. The lowest BCUT2D eigenvalue weighted by atomic mass is 10.1. The Balaban J connectivity index is 2.02. The van der Waals surface area contributed by atoms with Gasteiger partial charge in [-0.2, -0.15) is 0 Å². The summed E-state index contributed by atoms with van der Waals surface area (Å²) in [7, 11) is 2.15. The molecule has 0 spiro atoms. The van der Waals surface area contributed by atoms with Crippen LogP contribution in [0.25, 0.3) is 10.8 Å². The molecule has 0 radical (unpaired) electrons. The second kappa shape index (κ2) is 5.47. The Hall–Kier alpha value is -1.13. The molecule has 3 rings (SSSR count). The lowest BCUT2D eigenvalue weighted by Gasteiger charge is -2.33. The van der Waals surface area contributed by atoms with Gasteiger partial charge in [0.1, 0.15) is 5.82 Å². The second-order valence-electron chi connectivity index (χ2n) is 5.08. The number of likely N-dealkylation sites (N-methyl/N-ethyl adjacent to an activating group) is 1. The molecule has 1 N–H and O–H groups in total. The van der Waals surface area contributed by atoms with Crippen LogP contribution in [0, 0.1) is 0 Å². The monoisotopic (exact) mass is 319 g/mol. The molecule has 1 saturated heterocycles. The standard InChI is InChI=1S/C15H18BrN3/c1-19(11-4-3-8-17-10-11)15-13-5-2-6-14(16)12(13)7-9-18-15/h2,5-7,9,11,17H,3-4,8,10H2,1H3. The number of rotatable bonds is 2. The number of piperidine rings is 1. The average Bonchev–Trinajstić information content (AvgIpc) is 2.47. The number of nitrogens with zero attached hydrogens (tertiary/aromatic N) is 2. The van der Waals surface area contributed by atoms with Gasteiger partial charge in [-0.05, 0) is 31.5 Å². The fourth-order valence-corrected chi connectivity index (χ4v) is 3.27. The van der Waals surface area contributed by atoms with Crippen LogP contribution in [0.5, 0.6) is 0 Å². The minimum Gasteiger partial charge on any atom is -0.355 e. The third kappa shape index (κ3) is 2.47. The molecule has 1 atom stereocenters. The van der Waals surface area contributed by atoms with E-state index in [9.17, 15) is 0 Å². The van der Waals surface area contributed by atoms with E-state index in [2.05, 4.69) is 62.4 Å². The summed E-state index contributed by atoms with van der Waals surface area (Å²) in [4.78, 5) is 6.92. The quantitative estimate of drug-likeness (QED) is 0.921. The first kappa shape index (κ1) is 12.9. The van der Waals surface area contributed by atoms with E-state index >= 15 is 0 Å². The fraction of sp³-hybridized carbons (Fsp3) is 0.400. The molecule has 0 amide bonds. The maximum Gasteiger partial charge on any atom is 0.136 e. The molecule has 1 aromatic carbocycles. The lowest BCUT2D eigenvalue weighted by molar-refractivity contribution is 0.444. The molecule has 3 nitrogen and oxygen atoms in total. The Kier molecular flexibility index (Phi) is 3.71. The van der Waals surface area contributed by atoms with Crippen molar-refractivity contribution in [3.05, 3.63) is 34.9 Å². The van der Waals surface area contributed by atoms with Crippen molar-refractivity contribution in [2.45, 2.75) is 18.9 Å². The molecule has 1 unspecified atom stereocenters. The van der Waals surface area contributed by atoms with E-state index in [4.69, 9.17) is 0 Å². The van der Waals surface area contributed by atoms with Crippen molar-refractivity contribution < 1.29 is 0 Å². The molecule has 4 heteroatoms. The normalized spacial score (nSPS) is 19.6. The molecule has 1 aliphatic rings. The number of aromatic nitrogens is 1. The summed E-state index contributed by atoms with van der Waals surface area (Å²) in [6.45, 7) is 2.18. The van der Waals surface area contributed by atoms with Crippen LogP contribution >= 0.6 is 15.9 Å². The predicted octanol–water partition coefficient (Wildman–Crippen LogP) is 3.19. The number of hydrogen-bond acceptors (Lipinski definition) is 3. The molecule has 19 heavy (non-hydrogen) atoms. The van der Waals surface area contributed by atoms with Gasteiger partial charge in [0.25, 0.3) is 0 Å². The third-order valence-corrected chi connectivity index (χ3v) is 4.58. The Bertz CT molecular complexity index is 579. The summed E-state index contributed by atoms with van der Waals surface area (Å²) in [5.41, 5.74) is 0. The van der Waals surface area contributed by atoms with Gasteiger partial charge in [-0.1, -0.05) is 28.1 Å². The zero-order valence-corrected chi connectivity index (χ0v) is 12.7. The molecule has 0 aliphatic carbocycles. The van der Waals surface area contributed by atoms with Gasteiger partial charge in [0.05, 0.1) is 0 Å². The molecule has 1 aromatic heterocycles. The number of fused-ring (bicyclic) bond motifs is 1. The molecule has 2 aromatic rings. The minimum atomic E-state index is 0.533. The van der Waals surface area contributed by atoms with E-state index < -0.39 is 0 Å². The highest BCUT2D eigenvalue weighted by Crippen LogP contribution is 2.30. The van der Waals surface area contributed by atoms with Crippen molar-refractivity contribution in [2.24, 2.45) is 0 Å². The zero-order chi connectivity index (χ0) is 13.2. The first-order valence-electron chi connectivity index (χ1n) is 6.74. The van der Waals surface area contributed by atoms with Gasteiger partial charge in [0, 0.05) is 41.1 Å². The van der Waals surface area contributed by atoms with Crippen LogP contribution in [-0.2, 0) is 0 Å². The summed E-state index contributed by atoms with van der Waals surface area (Å²) in [5.74, 6) is 1.08. The summed E-state index contributed by atoms with van der Waals surface area (Å²) in [5, 5.41) is 5.90. The average molecular weight is 320 g/mol. The van der Waals surface area contributed by atoms with Crippen LogP contribution < -0.4 is 10.2 Å². The van der Waals surface area contributed by atoms with Crippen LogP contribution in [0.1, 0.15) is 12.8 Å². The number of hydrogen-bond donors (Lipinski definition) is 1. The van der Waals surface area contributed by atoms with Gasteiger partial charge in [-0.3, -0.25) is 0 Å². The smallest absolute Gasteiger partial charge is 0.136 e. The van der Waals surface area contributed by atoms with Crippen LogP contribution in [0.4, 0.5) is 5.82 Å². The topological polar surface area (TPSA) is 28.2 Å². The Morgan fingerprint density at radius 3 is 3.00 bits per heavy atom. The summed E-state index contributed by atoms with van der Waals surface area (Å²) >= 11 is 3.62. The van der Waals surface area contributed by atoms with Crippen LogP contribution in [0.3, 0.4) is 0 Å². The van der Waals surface area contributed by atoms with E-state index in [-0.39, 0.29) is 0 Å². The highest BCUT2D eigenvalue weighted by molar-refractivity contribution is 9.10. The molecule has 1 aliphatic heterocycles. The van der Waals surface area contributed by atoms with Crippen molar-refractivity contribution in [3.63, 3.8) is 0 Å². The largest absolute Gasteiger partial charge is 0.355 e. The van der Waals surface area contributed by atoms with Crippen molar-refractivity contribution in [1.82, 2.24) is 10.3 Å². The molecular weight excluding hydrogens is 302 g/mol. The zero-order valence-electron chi connectivity index (χ0n) is 11.1. The van der Waals surface area contributed by atoms with E-state index in [1.165, 1.54) is 23.6 Å². The van der Waals surface area contributed by atoms with Gasteiger partial charge < -0.3 is 10.2 Å². The highest BCUT2D eigenvalue weighted by atomic mass is 79.9. The first-order valence-corrected chi connectivity index (χ1v) is 7.53. The van der Waals surface area contributed by atoms with Gasteiger partial charge in [-0.15, -0.1) is 0 Å². The lowest BCUT2D eigenvalue weighted by Crippen LogP contribution is -2.44. The van der Waals surface area contributed by atoms with Crippen molar-refractivity contribution >= 4 is 32.5 Å². The third-order valence-electron chi connectivity index (χ3n) is 3.88. The maximum absolute atomic E-state index is 4.60. The van der Waals surface area contributed by atoms with Crippen molar-refractivity contribution in [1.29, 1.82) is 0 Å². The Morgan fingerprint density at radius 2 is 2.21 bits per heavy atom. The van der Waals surface area contributed by atoms with Gasteiger partial charge >= 0.3 is 0 Å². The maximum atomic E-state index is 4.60. The minimum absolute atomic E-state index is 0.533. The summed E-state index contributed by atoms with van der Waals surface area (Å²) in [6, 6.07) is 8.90. The number of anilines is 1. The SMILES string of the molecule is CN(c1nccc2c(Br)cccc12)C1CCCNC1. The van der Waals surface area contributed by atoms with E-state index in [0.717, 1.165) is 23.4 Å². The van der Waals surface area contributed by atoms with Gasteiger partial charge in [0.15, 0.2) is 0 Å².